The molecule has 0 fully saturated rings. The SMILES string of the molecule is COC(=O)c1ccc(/C=N/N=c2\sc3ccccc3n2C)cc1. The maximum absolute atomic E-state index is 11.4. The lowest BCUT2D eigenvalue weighted by atomic mass is 10.1. The molecule has 23 heavy (non-hydrogen) atoms. The van der Waals surface area contributed by atoms with E-state index in [1.54, 1.807) is 41.8 Å². The summed E-state index contributed by atoms with van der Waals surface area (Å²) < 4.78 is 7.85. The van der Waals surface area contributed by atoms with Crippen LogP contribution in [0.25, 0.3) is 10.2 Å². The Morgan fingerprint density at radius 2 is 1.91 bits per heavy atom. The van der Waals surface area contributed by atoms with Gasteiger partial charge in [0.25, 0.3) is 0 Å². The average molecular weight is 325 g/mol. The monoisotopic (exact) mass is 325 g/mol. The highest BCUT2D eigenvalue weighted by atomic mass is 32.1. The van der Waals surface area contributed by atoms with E-state index in [1.165, 1.54) is 11.8 Å². The van der Waals surface area contributed by atoms with Crippen LogP contribution in [0.1, 0.15) is 15.9 Å². The number of methoxy groups -OCH3 is 1. The van der Waals surface area contributed by atoms with Crippen molar-refractivity contribution in [3.05, 3.63) is 64.5 Å². The third-order valence-corrected chi connectivity index (χ3v) is 4.50. The van der Waals surface area contributed by atoms with Crippen LogP contribution >= 0.6 is 11.3 Å². The topological polar surface area (TPSA) is 55.9 Å². The average Bonchev–Trinajstić information content (AvgIpc) is 2.91. The molecule has 2 aromatic carbocycles. The second kappa shape index (κ2) is 6.58. The van der Waals surface area contributed by atoms with Crippen molar-refractivity contribution in [1.82, 2.24) is 4.57 Å². The molecule has 0 saturated carbocycles. The molecular weight excluding hydrogens is 310 g/mol. The number of aryl methyl sites for hydroxylation is 1. The summed E-state index contributed by atoms with van der Waals surface area (Å²) in [5.41, 5.74) is 2.51. The molecule has 0 bridgehead atoms. The van der Waals surface area contributed by atoms with Crippen molar-refractivity contribution in [3.8, 4) is 0 Å². The first-order valence-electron chi connectivity index (χ1n) is 6.99. The number of thiazole rings is 1. The molecule has 3 rings (SSSR count). The first kappa shape index (κ1) is 15.2. The van der Waals surface area contributed by atoms with Crippen molar-refractivity contribution in [2.45, 2.75) is 0 Å². The lowest BCUT2D eigenvalue weighted by molar-refractivity contribution is 0.0600. The highest BCUT2D eigenvalue weighted by molar-refractivity contribution is 7.16. The zero-order chi connectivity index (χ0) is 16.2. The zero-order valence-electron chi connectivity index (χ0n) is 12.8. The van der Waals surface area contributed by atoms with Gasteiger partial charge in [-0.15, -0.1) is 5.10 Å². The quantitative estimate of drug-likeness (QED) is 0.422. The lowest BCUT2D eigenvalue weighted by Gasteiger charge is -1.98. The summed E-state index contributed by atoms with van der Waals surface area (Å²) in [5.74, 6) is -0.351. The summed E-state index contributed by atoms with van der Waals surface area (Å²) in [6, 6.07) is 15.1. The van der Waals surface area contributed by atoms with E-state index in [9.17, 15) is 4.79 Å². The van der Waals surface area contributed by atoms with Gasteiger partial charge in [0.1, 0.15) is 0 Å². The number of para-hydroxylation sites is 1. The smallest absolute Gasteiger partial charge is 0.337 e. The Bertz CT molecular complexity index is 936. The first-order valence-corrected chi connectivity index (χ1v) is 7.80. The largest absolute Gasteiger partial charge is 0.465 e. The second-order valence-corrected chi connectivity index (χ2v) is 5.88. The zero-order valence-corrected chi connectivity index (χ0v) is 13.6. The van der Waals surface area contributed by atoms with Crippen LogP contribution in [0.4, 0.5) is 0 Å². The summed E-state index contributed by atoms with van der Waals surface area (Å²) >= 11 is 1.59. The lowest BCUT2D eigenvalue weighted by Crippen LogP contribution is -2.08. The van der Waals surface area contributed by atoms with Gasteiger partial charge in [0, 0.05) is 7.05 Å². The number of aromatic nitrogens is 1. The van der Waals surface area contributed by atoms with Crippen molar-refractivity contribution >= 4 is 33.7 Å². The number of carbonyl (C=O) groups is 1. The van der Waals surface area contributed by atoms with Crippen LogP contribution in [0.15, 0.2) is 58.7 Å². The van der Waals surface area contributed by atoms with Gasteiger partial charge in [-0.25, -0.2) is 4.79 Å². The van der Waals surface area contributed by atoms with Crippen LogP contribution in [-0.2, 0) is 11.8 Å². The fourth-order valence-corrected chi connectivity index (χ4v) is 3.12. The molecule has 116 valence electrons. The molecule has 0 radical (unpaired) electrons. The van der Waals surface area contributed by atoms with Crippen LogP contribution in [0.3, 0.4) is 0 Å². The molecule has 0 unspecified atom stereocenters. The number of benzene rings is 2. The molecule has 1 aromatic heterocycles. The van der Waals surface area contributed by atoms with Crippen LogP contribution in [-0.4, -0.2) is 23.9 Å². The Morgan fingerprint density at radius 1 is 1.17 bits per heavy atom. The molecule has 0 atom stereocenters. The van der Waals surface area contributed by atoms with Crippen molar-refractivity contribution in [2.24, 2.45) is 17.3 Å². The predicted molar refractivity (Wildman–Crippen MR) is 91.7 cm³/mol. The Morgan fingerprint density at radius 3 is 2.61 bits per heavy atom. The molecule has 0 aliphatic carbocycles. The minimum atomic E-state index is -0.351. The number of ether oxygens (including phenoxy) is 1. The van der Waals surface area contributed by atoms with E-state index in [1.807, 2.05) is 23.7 Å². The number of nitrogens with zero attached hydrogens (tertiary/aromatic N) is 3. The summed E-state index contributed by atoms with van der Waals surface area (Å²) in [6.45, 7) is 0. The van der Waals surface area contributed by atoms with Crippen LogP contribution in [0.2, 0.25) is 0 Å². The van der Waals surface area contributed by atoms with E-state index in [-0.39, 0.29) is 5.97 Å². The molecule has 0 spiro atoms. The molecule has 0 amide bonds. The maximum atomic E-state index is 11.4. The third kappa shape index (κ3) is 3.22. The minimum Gasteiger partial charge on any atom is -0.465 e. The second-order valence-electron chi connectivity index (χ2n) is 4.87. The fourth-order valence-electron chi connectivity index (χ4n) is 2.15. The summed E-state index contributed by atoms with van der Waals surface area (Å²) in [7, 11) is 3.33. The van der Waals surface area contributed by atoms with Crippen molar-refractivity contribution < 1.29 is 9.53 Å². The number of fused-ring (bicyclic) bond motifs is 1. The molecule has 5 nitrogen and oxygen atoms in total. The first-order chi connectivity index (χ1) is 11.2. The number of carbonyl (C=O) groups excluding carboxylic acids is 1. The van der Waals surface area contributed by atoms with Gasteiger partial charge in [0.05, 0.1) is 29.1 Å². The number of hydrogen-bond acceptors (Lipinski definition) is 5. The van der Waals surface area contributed by atoms with E-state index in [0.717, 1.165) is 15.9 Å². The Labute approximate surface area is 137 Å². The van der Waals surface area contributed by atoms with Gasteiger partial charge in [-0.05, 0) is 29.8 Å². The highest BCUT2D eigenvalue weighted by Crippen LogP contribution is 2.15. The van der Waals surface area contributed by atoms with Crippen LogP contribution in [0.5, 0.6) is 0 Å². The minimum absolute atomic E-state index is 0.351. The molecule has 3 aromatic rings. The Balaban J connectivity index is 1.84. The summed E-state index contributed by atoms with van der Waals surface area (Å²) in [4.78, 5) is 12.2. The van der Waals surface area contributed by atoms with Crippen molar-refractivity contribution in [2.75, 3.05) is 7.11 Å². The van der Waals surface area contributed by atoms with Gasteiger partial charge >= 0.3 is 5.97 Å². The molecule has 0 aliphatic heterocycles. The maximum Gasteiger partial charge on any atom is 0.337 e. The summed E-state index contributed by atoms with van der Waals surface area (Å²) in [5, 5.41) is 8.41. The van der Waals surface area contributed by atoms with Crippen molar-refractivity contribution in [1.29, 1.82) is 0 Å². The fraction of sp³-hybridized carbons (Fsp3) is 0.118. The molecule has 0 N–H and O–H groups in total. The summed E-state index contributed by atoms with van der Waals surface area (Å²) in [6.07, 6.45) is 1.66. The number of esters is 1. The van der Waals surface area contributed by atoms with E-state index < -0.39 is 0 Å². The van der Waals surface area contributed by atoms with Gasteiger partial charge in [-0.3, -0.25) is 0 Å². The normalized spacial score (nSPS) is 12.2. The van der Waals surface area contributed by atoms with Gasteiger partial charge in [-0.1, -0.05) is 35.6 Å². The number of rotatable bonds is 3. The number of hydrogen-bond donors (Lipinski definition) is 0. The van der Waals surface area contributed by atoms with Crippen LogP contribution < -0.4 is 4.80 Å². The Kier molecular flexibility index (Phi) is 4.34. The van der Waals surface area contributed by atoms with Gasteiger partial charge in [0.2, 0.25) is 4.80 Å². The van der Waals surface area contributed by atoms with Crippen LogP contribution in [0, 0.1) is 0 Å². The van der Waals surface area contributed by atoms with Crippen molar-refractivity contribution in [3.63, 3.8) is 0 Å². The van der Waals surface area contributed by atoms with E-state index in [0.29, 0.717) is 5.56 Å². The predicted octanol–water partition coefficient (Wildman–Crippen LogP) is 2.96. The van der Waals surface area contributed by atoms with E-state index in [2.05, 4.69) is 27.1 Å². The standard InChI is InChI=1S/C17H15N3O2S/c1-20-14-5-3-4-6-15(14)23-17(20)19-18-11-12-7-9-13(10-8-12)16(21)22-2/h3-11H,1-2H3/b18-11+,19-17-. The Hall–Kier alpha value is -2.73. The molecule has 1 heterocycles. The van der Waals surface area contributed by atoms with Gasteiger partial charge < -0.3 is 9.30 Å². The van der Waals surface area contributed by atoms with Gasteiger partial charge in [-0.2, -0.15) is 5.10 Å². The molecule has 0 saturated heterocycles. The third-order valence-electron chi connectivity index (χ3n) is 3.40. The highest BCUT2D eigenvalue weighted by Gasteiger charge is 2.03. The van der Waals surface area contributed by atoms with Gasteiger partial charge in [0.15, 0.2) is 0 Å². The molecular formula is C17H15N3O2S. The van der Waals surface area contributed by atoms with E-state index in [4.69, 9.17) is 0 Å². The van der Waals surface area contributed by atoms with E-state index >= 15 is 0 Å². The molecule has 6 heteroatoms. The molecule has 0 aliphatic rings.